The number of carbonyl (C=O) groups is 1. The number of carbonyl (C=O) groups excluding carboxylic acids is 1. The van der Waals surface area contributed by atoms with Crippen LogP contribution in [0.25, 0.3) is 0 Å². The van der Waals surface area contributed by atoms with E-state index in [9.17, 15) is 17.8 Å². The molecule has 0 saturated carbocycles. The van der Waals surface area contributed by atoms with Crippen LogP contribution in [0.15, 0.2) is 12.2 Å². The third-order valence-electron chi connectivity index (χ3n) is 3.16. The van der Waals surface area contributed by atoms with Crippen molar-refractivity contribution in [2.45, 2.75) is 45.3 Å². The Hall–Kier alpha value is -0.880. The topological polar surface area (TPSA) is 83.5 Å². The van der Waals surface area contributed by atoms with Crippen LogP contribution in [-0.4, -0.2) is 30.7 Å². The largest absolute Gasteiger partial charge is 0.352 e. The summed E-state index contributed by atoms with van der Waals surface area (Å²) in [7, 11) is -4.10. The second-order valence-corrected chi connectivity index (χ2v) is 7.02. The van der Waals surface area contributed by atoms with E-state index >= 15 is 0 Å². The Bertz CT molecular complexity index is 426. The fraction of sp³-hybridized carbons (Fsp3) is 0.692. The molecule has 2 N–H and O–H groups in total. The molecule has 5 nitrogen and oxygen atoms in total. The molecule has 0 aliphatic carbocycles. The van der Waals surface area contributed by atoms with Gasteiger partial charge in [0.1, 0.15) is 0 Å². The van der Waals surface area contributed by atoms with E-state index in [1.165, 1.54) is 0 Å². The van der Waals surface area contributed by atoms with Crippen molar-refractivity contribution in [3.8, 4) is 0 Å². The molecule has 0 aliphatic rings. The molecule has 19 heavy (non-hydrogen) atoms. The summed E-state index contributed by atoms with van der Waals surface area (Å²) in [5.74, 6) is -0.207. The zero-order valence-corrected chi connectivity index (χ0v) is 12.7. The summed E-state index contributed by atoms with van der Waals surface area (Å²) in [4.78, 5) is 11.3. The minimum Gasteiger partial charge on any atom is -0.352 e. The first kappa shape index (κ1) is 18.1. The van der Waals surface area contributed by atoms with Gasteiger partial charge in [-0.15, -0.1) is 0 Å². The van der Waals surface area contributed by atoms with E-state index in [4.69, 9.17) is 0 Å². The van der Waals surface area contributed by atoms with E-state index in [-0.39, 0.29) is 12.3 Å². The quantitative estimate of drug-likeness (QED) is 0.407. The van der Waals surface area contributed by atoms with Crippen molar-refractivity contribution >= 4 is 16.0 Å². The second kappa shape index (κ2) is 7.05. The van der Waals surface area contributed by atoms with Crippen LogP contribution in [0.4, 0.5) is 0 Å². The van der Waals surface area contributed by atoms with Crippen LogP contribution in [0.1, 0.15) is 40.0 Å². The van der Waals surface area contributed by atoms with Gasteiger partial charge in [-0.2, -0.15) is 8.42 Å². The Morgan fingerprint density at radius 1 is 1.42 bits per heavy atom. The maximum absolute atomic E-state index is 11.3. The molecule has 1 amide bonds. The maximum atomic E-state index is 11.3. The summed E-state index contributed by atoms with van der Waals surface area (Å²) in [6, 6.07) is 0. The molecular weight excluding hydrogens is 266 g/mol. The van der Waals surface area contributed by atoms with Gasteiger partial charge in [-0.1, -0.05) is 27.4 Å². The average molecular weight is 290 g/mol. The molecule has 0 fully saturated rings. The maximum Gasteiger partial charge on any atom is 0.268 e. The lowest BCUT2D eigenvalue weighted by atomic mass is 9.83. The predicted octanol–water partition coefficient (Wildman–Crippen LogP) is 1.97. The lowest BCUT2D eigenvalue weighted by Gasteiger charge is -2.31. The summed E-state index contributed by atoms with van der Waals surface area (Å²) >= 11 is 0. The molecule has 6 heteroatoms. The Morgan fingerprint density at radius 2 is 1.95 bits per heavy atom. The fourth-order valence-corrected chi connectivity index (χ4v) is 3.22. The van der Waals surface area contributed by atoms with Crippen molar-refractivity contribution in [2.24, 2.45) is 5.41 Å². The fourth-order valence-electron chi connectivity index (χ4n) is 2.00. The van der Waals surface area contributed by atoms with Gasteiger partial charge < -0.3 is 5.32 Å². The molecule has 0 aromatic carbocycles. The minimum atomic E-state index is -4.10. The number of amides is 1. The summed E-state index contributed by atoms with van der Waals surface area (Å²) in [6.45, 7) is 12.7. The van der Waals surface area contributed by atoms with Crippen LogP contribution >= 0.6 is 0 Å². The van der Waals surface area contributed by atoms with Crippen LogP contribution in [0.5, 0.6) is 0 Å². The van der Waals surface area contributed by atoms with Gasteiger partial charge in [-0.3, -0.25) is 9.35 Å². The van der Waals surface area contributed by atoms with Crippen molar-refractivity contribution in [3.63, 3.8) is 0 Å². The summed E-state index contributed by atoms with van der Waals surface area (Å²) in [5.41, 5.74) is -0.156. The molecule has 0 spiro atoms. The lowest BCUT2D eigenvalue weighted by Crippen LogP contribution is -2.36. The Kier molecular flexibility index (Phi) is 6.72. The molecule has 0 heterocycles. The molecule has 0 aromatic rings. The molecule has 0 rings (SSSR count). The molecule has 0 aromatic heterocycles. The summed E-state index contributed by atoms with van der Waals surface area (Å²) < 4.78 is 31.7. The predicted molar refractivity (Wildman–Crippen MR) is 76.1 cm³/mol. The molecule has 1 unspecified atom stereocenters. The highest BCUT2D eigenvalue weighted by atomic mass is 32.2. The van der Waals surface area contributed by atoms with E-state index in [0.29, 0.717) is 25.0 Å². The van der Waals surface area contributed by atoms with Crippen molar-refractivity contribution in [3.05, 3.63) is 19.1 Å². The highest BCUT2D eigenvalue weighted by Crippen LogP contribution is 2.32. The third kappa shape index (κ3) is 6.20. The Morgan fingerprint density at radius 3 is 2.32 bits per heavy atom. The van der Waals surface area contributed by atoms with E-state index in [1.54, 1.807) is 20.8 Å². The standard InChI is InChI=1S/C13H24NO4S/c1-6-11(19(16,17)18)13(4,5)8-7-9-14-12(15)10(2)3/h11H,1-2,6-9H2,3-5H3,(H,14,15)(H,16,17,18). The highest BCUT2D eigenvalue weighted by Gasteiger charge is 2.36. The van der Waals surface area contributed by atoms with Gasteiger partial charge in [0.15, 0.2) is 0 Å². The first-order valence-corrected chi connectivity index (χ1v) is 7.72. The Labute approximate surface area is 116 Å². The van der Waals surface area contributed by atoms with E-state index < -0.39 is 20.8 Å². The van der Waals surface area contributed by atoms with Gasteiger partial charge in [0.05, 0.1) is 5.25 Å². The van der Waals surface area contributed by atoms with Gasteiger partial charge >= 0.3 is 0 Å². The molecule has 1 radical (unpaired) electrons. The van der Waals surface area contributed by atoms with Gasteiger partial charge in [-0.25, -0.2) is 0 Å². The third-order valence-corrected chi connectivity index (χ3v) is 4.76. The molecule has 111 valence electrons. The smallest absolute Gasteiger partial charge is 0.268 e. The molecule has 0 bridgehead atoms. The Balaban J connectivity index is 4.38. The number of rotatable bonds is 8. The number of hydrogen-bond donors (Lipinski definition) is 2. The van der Waals surface area contributed by atoms with Crippen LogP contribution < -0.4 is 5.32 Å². The van der Waals surface area contributed by atoms with Gasteiger partial charge in [0, 0.05) is 12.1 Å². The summed E-state index contributed by atoms with van der Waals surface area (Å²) in [5, 5.41) is 1.79. The van der Waals surface area contributed by atoms with E-state index in [1.807, 2.05) is 0 Å². The van der Waals surface area contributed by atoms with Crippen molar-refractivity contribution in [1.82, 2.24) is 5.32 Å². The molecule has 0 aliphatic heterocycles. The van der Waals surface area contributed by atoms with Gasteiger partial charge in [-0.05, 0) is 31.6 Å². The molecule has 1 atom stereocenters. The number of nitrogens with one attached hydrogen (secondary N) is 1. The zero-order chi connectivity index (χ0) is 15.3. The highest BCUT2D eigenvalue weighted by molar-refractivity contribution is 7.86. The van der Waals surface area contributed by atoms with Crippen LogP contribution in [0.2, 0.25) is 0 Å². The molecule has 0 saturated heterocycles. The minimum absolute atomic E-state index is 0.115. The number of hydrogen-bond acceptors (Lipinski definition) is 3. The van der Waals surface area contributed by atoms with Crippen molar-refractivity contribution < 1.29 is 17.8 Å². The van der Waals surface area contributed by atoms with Crippen LogP contribution in [0.3, 0.4) is 0 Å². The van der Waals surface area contributed by atoms with Crippen molar-refractivity contribution in [2.75, 3.05) is 6.54 Å². The van der Waals surface area contributed by atoms with Crippen molar-refractivity contribution in [1.29, 1.82) is 0 Å². The van der Waals surface area contributed by atoms with Crippen LogP contribution in [-0.2, 0) is 14.9 Å². The van der Waals surface area contributed by atoms with Gasteiger partial charge in [0.25, 0.3) is 10.1 Å². The molecular formula is C13H24NO4S. The SMILES string of the molecule is [CH2]CC(C(C)(C)CCCNC(=O)C(=C)C)S(=O)(=O)O. The van der Waals surface area contributed by atoms with E-state index in [0.717, 1.165) is 0 Å². The van der Waals surface area contributed by atoms with Crippen LogP contribution in [0, 0.1) is 12.3 Å². The first-order valence-electron chi connectivity index (χ1n) is 6.21. The van der Waals surface area contributed by atoms with E-state index in [2.05, 4.69) is 18.8 Å². The summed E-state index contributed by atoms with van der Waals surface area (Å²) in [6.07, 6.45) is 1.30. The monoisotopic (exact) mass is 290 g/mol. The first-order chi connectivity index (χ1) is 8.52. The van der Waals surface area contributed by atoms with Gasteiger partial charge in [0.2, 0.25) is 5.91 Å². The lowest BCUT2D eigenvalue weighted by molar-refractivity contribution is -0.117. The normalized spacial score (nSPS) is 13.9. The second-order valence-electron chi connectivity index (χ2n) is 5.42. The average Bonchev–Trinajstić information content (AvgIpc) is 2.22. The zero-order valence-electron chi connectivity index (χ0n) is 11.9.